The number of rotatable bonds is 7. The van der Waals surface area contributed by atoms with Crippen molar-refractivity contribution in [3.8, 4) is 0 Å². The number of esters is 1. The molecular weight excluding hydrogens is 368 g/mol. The molecule has 27 heavy (non-hydrogen) atoms. The molecule has 7 heteroatoms. The van der Waals surface area contributed by atoms with E-state index in [9.17, 15) is 14.4 Å². The lowest BCUT2D eigenvalue weighted by atomic mass is 10.2. The number of amides is 2. The van der Waals surface area contributed by atoms with Crippen molar-refractivity contribution in [2.24, 2.45) is 0 Å². The second kappa shape index (κ2) is 9.73. The maximum Gasteiger partial charge on any atom is 0.306 e. The summed E-state index contributed by atoms with van der Waals surface area (Å²) in [4.78, 5) is 35.5. The number of nitrogens with one attached hydrogen (secondary N) is 2. The van der Waals surface area contributed by atoms with E-state index in [1.165, 1.54) is 0 Å². The van der Waals surface area contributed by atoms with Crippen LogP contribution in [0.15, 0.2) is 42.5 Å². The van der Waals surface area contributed by atoms with Crippen LogP contribution in [0, 0.1) is 13.8 Å². The van der Waals surface area contributed by atoms with Crippen molar-refractivity contribution in [2.45, 2.75) is 26.7 Å². The summed E-state index contributed by atoms with van der Waals surface area (Å²) >= 11 is 5.89. The minimum Gasteiger partial charge on any atom is -0.456 e. The lowest BCUT2D eigenvalue weighted by Gasteiger charge is -2.09. The van der Waals surface area contributed by atoms with Crippen LogP contribution in [-0.4, -0.2) is 24.4 Å². The fourth-order valence-corrected chi connectivity index (χ4v) is 2.47. The van der Waals surface area contributed by atoms with Gasteiger partial charge in [0.25, 0.3) is 5.91 Å². The predicted octanol–water partition coefficient (Wildman–Crippen LogP) is 3.86. The third-order valence-electron chi connectivity index (χ3n) is 3.70. The highest BCUT2D eigenvalue weighted by Gasteiger charge is 2.12. The molecule has 2 N–H and O–H groups in total. The normalized spacial score (nSPS) is 10.2. The van der Waals surface area contributed by atoms with E-state index in [0.717, 1.165) is 11.1 Å². The summed E-state index contributed by atoms with van der Waals surface area (Å²) in [5.41, 5.74) is 3.09. The first-order valence-corrected chi connectivity index (χ1v) is 8.79. The van der Waals surface area contributed by atoms with Crippen molar-refractivity contribution in [1.82, 2.24) is 0 Å². The van der Waals surface area contributed by atoms with Gasteiger partial charge in [0.2, 0.25) is 5.91 Å². The maximum absolute atomic E-state index is 11.9. The Hall–Kier alpha value is -2.86. The molecule has 2 rings (SSSR count). The maximum atomic E-state index is 11.9. The SMILES string of the molecule is Cc1cccc(NC(=O)CCC(=O)OCC(=O)Nc2cc(Cl)ccc2C)c1. The monoisotopic (exact) mass is 388 g/mol. The molecule has 0 atom stereocenters. The number of hydrogen-bond donors (Lipinski definition) is 2. The van der Waals surface area contributed by atoms with Crippen LogP contribution in [0.1, 0.15) is 24.0 Å². The topological polar surface area (TPSA) is 84.5 Å². The van der Waals surface area contributed by atoms with Gasteiger partial charge < -0.3 is 15.4 Å². The lowest BCUT2D eigenvalue weighted by molar-refractivity contribution is -0.147. The Morgan fingerprint density at radius 3 is 2.48 bits per heavy atom. The molecule has 0 aliphatic carbocycles. The summed E-state index contributed by atoms with van der Waals surface area (Å²) in [5.74, 6) is -1.39. The van der Waals surface area contributed by atoms with Crippen molar-refractivity contribution >= 4 is 40.8 Å². The van der Waals surface area contributed by atoms with Gasteiger partial charge in [0.1, 0.15) is 0 Å². The molecule has 0 saturated carbocycles. The molecule has 0 aromatic heterocycles. The number of ether oxygens (including phenoxy) is 1. The summed E-state index contributed by atoms with van der Waals surface area (Å²) in [5, 5.41) is 5.83. The van der Waals surface area contributed by atoms with Crippen molar-refractivity contribution < 1.29 is 19.1 Å². The number of anilines is 2. The Kier molecular flexibility index (Phi) is 7.37. The van der Waals surface area contributed by atoms with E-state index >= 15 is 0 Å². The van der Waals surface area contributed by atoms with Crippen LogP contribution in [0.2, 0.25) is 5.02 Å². The fourth-order valence-electron chi connectivity index (χ4n) is 2.30. The van der Waals surface area contributed by atoms with Crippen LogP contribution in [0.5, 0.6) is 0 Å². The zero-order chi connectivity index (χ0) is 19.8. The summed E-state index contributed by atoms with van der Waals surface area (Å²) in [6.07, 6.45) is -0.136. The van der Waals surface area contributed by atoms with Gasteiger partial charge in [-0.05, 0) is 49.2 Å². The van der Waals surface area contributed by atoms with Gasteiger partial charge >= 0.3 is 5.97 Å². The molecule has 6 nitrogen and oxygen atoms in total. The third-order valence-corrected chi connectivity index (χ3v) is 3.93. The van der Waals surface area contributed by atoms with Crippen LogP contribution >= 0.6 is 11.6 Å². The lowest BCUT2D eigenvalue weighted by Crippen LogP contribution is -2.22. The van der Waals surface area contributed by atoms with Gasteiger partial charge in [0.15, 0.2) is 6.61 Å². The minimum atomic E-state index is -0.618. The highest BCUT2D eigenvalue weighted by molar-refractivity contribution is 6.31. The summed E-state index contributed by atoms with van der Waals surface area (Å²) < 4.78 is 4.90. The standard InChI is InChI=1S/C20H21ClN2O4/c1-13-4-3-5-16(10-13)22-18(24)8-9-20(26)27-12-19(25)23-17-11-15(21)7-6-14(17)2/h3-7,10-11H,8-9,12H2,1-2H3,(H,22,24)(H,23,25). The van der Waals surface area contributed by atoms with E-state index < -0.39 is 18.5 Å². The highest BCUT2D eigenvalue weighted by atomic mass is 35.5. The molecule has 0 bridgehead atoms. The zero-order valence-electron chi connectivity index (χ0n) is 15.2. The summed E-state index contributed by atoms with van der Waals surface area (Å²) in [7, 11) is 0. The molecule has 0 unspecified atom stereocenters. The van der Waals surface area contributed by atoms with Gasteiger partial charge in [0.05, 0.1) is 6.42 Å². The highest BCUT2D eigenvalue weighted by Crippen LogP contribution is 2.20. The first-order valence-electron chi connectivity index (χ1n) is 8.41. The molecule has 0 radical (unpaired) electrons. The quantitative estimate of drug-likeness (QED) is 0.705. The van der Waals surface area contributed by atoms with Gasteiger partial charge in [-0.3, -0.25) is 14.4 Å². The van der Waals surface area contributed by atoms with Gasteiger partial charge in [-0.25, -0.2) is 0 Å². The summed E-state index contributed by atoms with van der Waals surface area (Å²) in [6.45, 7) is 3.32. The van der Waals surface area contributed by atoms with E-state index in [1.54, 1.807) is 24.3 Å². The molecule has 2 amide bonds. The molecule has 0 fully saturated rings. The molecule has 2 aromatic rings. The van der Waals surface area contributed by atoms with Gasteiger partial charge in [-0.15, -0.1) is 0 Å². The zero-order valence-corrected chi connectivity index (χ0v) is 15.9. The van der Waals surface area contributed by atoms with E-state index in [2.05, 4.69) is 10.6 Å². The Balaban J connectivity index is 1.71. The third kappa shape index (κ3) is 7.11. The van der Waals surface area contributed by atoms with Crippen molar-refractivity contribution in [3.05, 3.63) is 58.6 Å². The minimum absolute atomic E-state index is 0.0260. The fraction of sp³-hybridized carbons (Fsp3) is 0.250. The molecule has 142 valence electrons. The van der Waals surface area contributed by atoms with Crippen LogP contribution in [0.25, 0.3) is 0 Å². The smallest absolute Gasteiger partial charge is 0.306 e. The number of aryl methyl sites for hydroxylation is 2. The second-order valence-electron chi connectivity index (χ2n) is 6.09. The van der Waals surface area contributed by atoms with Gasteiger partial charge in [-0.1, -0.05) is 29.8 Å². The van der Waals surface area contributed by atoms with Crippen LogP contribution in [-0.2, 0) is 19.1 Å². The average molecular weight is 389 g/mol. The first-order chi connectivity index (χ1) is 12.8. The molecule has 2 aromatic carbocycles. The average Bonchev–Trinajstić information content (AvgIpc) is 2.61. The second-order valence-corrected chi connectivity index (χ2v) is 6.52. The molecule has 0 saturated heterocycles. The number of benzene rings is 2. The molecular formula is C20H21ClN2O4. The largest absolute Gasteiger partial charge is 0.456 e. The van der Waals surface area contributed by atoms with Crippen molar-refractivity contribution in [2.75, 3.05) is 17.2 Å². The predicted molar refractivity (Wildman–Crippen MR) is 105 cm³/mol. The number of carbonyl (C=O) groups is 3. The Labute approximate surface area is 162 Å². The van der Waals surface area contributed by atoms with E-state index in [-0.39, 0.29) is 18.7 Å². The van der Waals surface area contributed by atoms with Gasteiger partial charge in [-0.2, -0.15) is 0 Å². The molecule has 0 aliphatic heterocycles. The van der Waals surface area contributed by atoms with E-state index in [4.69, 9.17) is 16.3 Å². The van der Waals surface area contributed by atoms with Crippen molar-refractivity contribution in [3.63, 3.8) is 0 Å². The van der Waals surface area contributed by atoms with Crippen LogP contribution in [0.4, 0.5) is 11.4 Å². The number of carbonyl (C=O) groups excluding carboxylic acids is 3. The van der Waals surface area contributed by atoms with Crippen LogP contribution < -0.4 is 10.6 Å². The number of halogens is 1. The number of hydrogen-bond acceptors (Lipinski definition) is 4. The molecule has 0 aliphatic rings. The van der Waals surface area contributed by atoms with Crippen LogP contribution in [0.3, 0.4) is 0 Å². The van der Waals surface area contributed by atoms with E-state index in [0.29, 0.717) is 16.4 Å². The van der Waals surface area contributed by atoms with E-state index in [1.807, 2.05) is 32.0 Å². The molecule has 0 heterocycles. The first kappa shape index (κ1) is 20.5. The van der Waals surface area contributed by atoms with Crippen molar-refractivity contribution in [1.29, 1.82) is 0 Å². The Bertz CT molecular complexity index is 852. The summed E-state index contributed by atoms with van der Waals surface area (Å²) in [6, 6.07) is 12.5. The molecule has 0 spiro atoms. The Morgan fingerprint density at radius 1 is 0.963 bits per heavy atom. The van der Waals surface area contributed by atoms with Gasteiger partial charge in [0, 0.05) is 22.8 Å². The Morgan fingerprint density at radius 2 is 1.74 bits per heavy atom.